The molecule has 0 aliphatic rings. The third kappa shape index (κ3) is 5.18. The topological polar surface area (TPSA) is 42.0 Å². The lowest BCUT2D eigenvalue weighted by Gasteiger charge is -2.06. The number of rotatable bonds is 6. The van der Waals surface area contributed by atoms with Crippen molar-refractivity contribution >= 4 is 56.5 Å². The van der Waals surface area contributed by atoms with Crippen LogP contribution in [0.3, 0.4) is 0 Å². The minimum absolute atomic E-state index is 0.0137. The summed E-state index contributed by atoms with van der Waals surface area (Å²) in [6, 6.07) is 21.8. The van der Waals surface area contributed by atoms with Crippen molar-refractivity contribution < 1.29 is 4.79 Å². The third-order valence-electron chi connectivity index (χ3n) is 4.35. The second-order valence-electron chi connectivity index (χ2n) is 6.74. The van der Waals surface area contributed by atoms with Crippen molar-refractivity contribution in [1.29, 1.82) is 0 Å². The van der Waals surface area contributed by atoms with Crippen LogP contribution in [-0.2, 0) is 10.5 Å². The number of aromatic nitrogens is 1. The van der Waals surface area contributed by atoms with E-state index >= 15 is 0 Å². The van der Waals surface area contributed by atoms with Gasteiger partial charge in [0.1, 0.15) is 5.01 Å². The van der Waals surface area contributed by atoms with Crippen molar-refractivity contribution in [1.82, 2.24) is 4.98 Å². The number of hydrogen-bond acceptors (Lipinski definition) is 4. The van der Waals surface area contributed by atoms with Crippen molar-refractivity contribution in [2.75, 3.05) is 11.1 Å². The number of carbonyl (C=O) groups is 1. The molecule has 0 radical (unpaired) electrons. The first-order valence-electron chi connectivity index (χ1n) is 9.16. The third-order valence-corrected chi connectivity index (χ3v) is 6.66. The number of amides is 1. The van der Waals surface area contributed by atoms with E-state index in [9.17, 15) is 4.79 Å². The van der Waals surface area contributed by atoms with Gasteiger partial charge < -0.3 is 5.32 Å². The first-order valence-corrected chi connectivity index (χ1v) is 11.5. The minimum Gasteiger partial charge on any atom is -0.325 e. The van der Waals surface area contributed by atoms with Crippen LogP contribution >= 0.6 is 34.7 Å². The van der Waals surface area contributed by atoms with Crippen molar-refractivity contribution in [3.05, 3.63) is 82.9 Å². The largest absolute Gasteiger partial charge is 0.325 e. The molecule has 4 rings (SSSR count). The van der Waals surface area contributed by atoms with Gasteiger partial charge >= 0.3 is 0 Å². The lowest BCUT2D eigenvalue weighted by molar-refractivity contribution is -0.113. The molecule has 0 atom stereocenters. The summed E-state index contributed by atoms with van der Waals surface area (Å²) in [6.45, 7) is 2.09. The van der Waals surface area contributed by atoms with E-state index in [1.165, 1.54) is 10.3 Å². The Kier molecular flexibility index (Phi) is 6.19. The molecule has 0 aliphatic carbocycles. The number of benzene rings is 3. The normalized spacial score (nSPS) is 11.0. The van der Waals surface area contributed by atoms with E-state index in [0.29, 0.717) is 5.75 Å². The number of halogens is 1. The number of fused-ring (bicyclic) bond motifs is 1. The highest BCUT2D eigenvalue weighted by Gasteiger charge is 2.08. The van der Waals surface area contributed by atoms with Crippen LogP contribution in [0.2, 0.25) is 5.02 Å². The zero-order valence-corrected chi connectivity index (χ0v) is 18.2. The fourth-order valence-corrected chi connectivity index (χ4v) is 4.99. The van der Waals surface area contributed by atoms with Gasteiger partial charge in [-0.15, -0.1) is 23.1 Å². The monoisotopic (exact) mass is 438 g/mol. The van der Waals surface area contributed by atoms with E-state index in [4.69, 9.17) is 16.6 Å². The number of anilines is 1. The molecule has 0 aliphatic heterocycles. The molecule has 0 spiro atoms. The molecule has 146 valence electrons. The second-order valence-corrected chi connectivity index (χ2v) is 9.19. The van der Waals surface area contributed by atoms with Crippen LogP contribution in [0.15, 0.2) is 66.7 Å². The molecule has 3 nitrogen and oxygen atoms in total. The Labute approximate surface area is 183 Å². The number of aryl methyl sites for hydroxylation is 1. The number of thiazole rings is 1. The van der Waals surface area contributed by atoms with Crippen LogP contribution in [0.25, 0.3) is 20.8 Å². The highest BCUT2D eigenvalue weighted by molar-refractivity contribution is 7.99. The van der Waals surface area contributed by atoms with Crippen LogP contribution in [0, 0.1) is 6.92 Å². The maximum atomic E-state index is 12.2. The average molecular weight is 439 g/mol. The fourth-order valence-electron chi connectivity index (χ4n) is 2.94. The maximum absolute atomic E-state index is 12.2. The SMILES string of the molecule is Cc1ccc2nc(-c3ccc(NC(=O)CSCc4cccc(Cl)c4)cc3)sc2c1. The number of carbonyl (C=O) groups excluding carboxylic acids is 1. The molecule has 29 heavy (non-hydrogen) atoms. The van der Waals surface area contributed by atoms with Crippen molar-refractivity contribution in [2.45, 2.75) is 12.7 Å². The van der Waals surface area contributed by atoms with Crippen LogP contribution in [0.5, 0.6) is 0 Å². The van der Waals surface area contributed by atoms with E-state index in [1.807, 2.05) is 48.5 Å². The van der Waals surface area contributed by atoms with Gasteiger partial charge in [-0.1, -0.05) is 29.8 Å². The first-order chi connectivity index (χ1) is 14.1. The fraction of sp³-hybridized carbons (Fsp3) is 0.130. The number of hydrogen-bond donors (Lipinski definition) is 1. The Morgan fingerprint density at radius 2 is 1.93 bits per heavy atom. The molecule has 1 heterocycles. The van der Waals surface area contributed by atoms with E-state index in [-0.39, 0.29) is 5.91 Å². The molecule has 1 N–H and O–H groups in total. The quantitative estimate of drug-likeness (QED) is 0.360. The molecule has 0 saturated heterocycles. The Hall–Kier alpha value is -2.34. The van der Waals surface area contributed by atoms with E-state index < -0.39 is 0 Å². The molecule has 4 aromatic rings. The Bertz CT molecular complexity index is 1160. The lowest BCUT2D eigenvalue weighted by Crippen LogP contribution is -2.14. The average Bonchev–Trinajstić information content (AvgIpc) is 3.12. The number of thioether (sulfide) groups is 1. The molecule has 3 aromatic carbocycles. The van der Waals surface area contributed by atoms with Crippen LogP contribution in [0.4, 0.5) is 5.69 Å². The minimum atomic E-state index is -0.0137. The summed E-state index contributed by atoms with van der Waals surface area (Å²) >= 11 is 9.24. The Morgan fingerprint density at radius 3 is 2.72 bits per heavy atom. The molecule has 1 aromatic heterocycles. The zero-order chi connectivity index (χ0) is 20.2. The van der Waals surface area contributed by atoms with Gasteiger partial charge in [-0.3, -0.25) is 4.79 Å². The predicted octanol–water partition coefficient (Wildman–Crippen LogP) is 6.80. The molecule has 1 amide bonds. The van der Waals surface area contributed by atoms with E-state index in [2.05, 4.69) is 30.4 Å². The van der Waals surface area contributed by atoms with E-state index in [1.54, 1.807) is 23.1 Å². The highest BCUT2D eigenvalue weighted by Crippen LogP contribution is 2.31. The van der Waals surface area contributed by atoms with Gasteiger partial charge in [-0.05, 0) is 66.6 Å². The highest BCUT2D eigenvalue weighted by atomic mass is 35.5. The van der Waals surface area contributed by atoms with Gasteiger partial charge in [-0.25, -0.2) is 4.98 Å². The van der Waals surface area contributed by atoms with Gasteiger partial charge in [0, 0.05) is 22.0 Å². The standard InChI is InChI=1S/C23H19ClN2OS2/c1-15-5-10-20-21(11-15)29-23(26-20)17-6-8-19(9-7-17)25-22(27)14-28-13-16-3-2-4-18(24)12-16/h2-12H,13-14H2,1H3,(H,25,27). The van der Waals surface area contributed by atoms with Crippen LogP contribution in [-0.4, -0.2) is 16.6 Å². The van der Waals surface area contributed by atoms with Gasteiger partial charge in [0.2, 0.25) is 5.91 Å². The zero-order valence-electron chi connectivity index (χ0n) is 15.8. The van der Waals surface area contributed by atoms with Gasteiger partial charge in [0.05, 0.1) is 16.0 Å². The van der Waals surface area contributed by atoms with Gasteiger partial charge in [0.25, 0.3) is 0 Å². The molecular formula is C23H19ClN2OS2. The molecule has 0 fully saturated rings. The molecule has 0 saturated carbocycles. The summed E-state index contributed by atoms with van der Waals surface area (Å²) in [5.74, 6) is 1.13. The van der Waals surface area contributed by atoms with E-state index in [0.717, 1.165) is 38.1 Å². The summed E-state index contributed by atoms with van der Waals surface area (Å²) in [7, 11) is 0. The molecule has 0 bridgehead atoms. The Morgan fingerprint density at radius 1 is 1.10 bits per heavy atom. The summed E-state index contributed by atoms with van der Waals surface area (Å²) in [5.41, 5.74) is 5.21. The van der Waals surface area contributed by atoms with Crippen molar-refractivity contribution in [3.63, 3.8) is 0 Å². The maximum Gasteiger partial charge on any atom is 0.234 e. The predicted molar refractivity (Wildman–Crippen MR) is 126 cm³/mol. The van der Waals surface area contributed by atoms with Crippen LogP contribution < -0.4 is 5.32 Å². The summed E-state index contributed by atoms with van der Waals surface area (Å²) < 4.78 is 1.19. The second kappa shape index (κ2) is 8.99. The molecular weight excluding hydrogens is 420 g/mol. The number of nitrogens with one attached hydrogen (secondary N) is 1. The smallest absolute Gasteiger partial charge is 0.234 e. The van der Waals surface area contributed by atoms with Gasteiger partial charge in [0.15, 0.2) is 0 Å². The molecule has 0 unspecified atom stereocenters. The summed E-state index contributed by atoms with van der Waals surface area (Å²) in [4.78, 5) is 16.9. The van der Waals surface area contributed by atoms with Crippen molar-refractivity contribution in [2.24, 2.45) is 0 Å². The Balaban J connectivity index is 1.34. The van der Waals surface area contributed by atoms with Crippen molar-refractivity contribution in [3.8, 4) is 10.6 Å². The summed E-state index contributed by atoms with van der Waals surface area (Å²) in [5, 5.41) is 4.65. The lowest BCUT2D eigenvalue weighted by atomic mass is 10.2. The first kappa shape index (κ1) is 20.0. The summed E-state index contributed by atoms with van der Waals surface area (Å²) in [6.07, 6.45) is 0. The molecule has 6 heteroatoms. The van der Waals surface area contributed by atoms with Gasteiger partial charge in [-0.2, -0.15) is 0 Å². The van der Waals surface area contributed by atoms with Crippen LogP contribution in [0.1, 0.15) is 11.1 Å². The number of nitrogens with zero attached hydrogens (tertiary/aromatic N) is 1.